The van der Waals surface area contributed by atoms with Crippen molar-refractivity contribution in [2.24, 2.45) is 0 Å². The van der Waals surface area contributed by atoms with E-state index in [2.05, 4.69) is 16.4 Å². The summed E-state index contributed by atoms with van der Waals surface area (Å²) in [5, 5.41) is 2.41. The molecule has 1 radical (unpaired) electrons. The molecular weight excluding hydrogens is 116 g/mol. The summed E-state index contributed by atoms with van der Waals surface area (Å²) in [6, 6.07) is 4.40. The fourth-order valence-corrected chi connectivity index (χ4v) is 0.467. The van der Waals surface area contributed by atoms with E-state index in [1.807, 2.05) is 0 Å². The first-order valence-corrected chi connectivity index (χ1v) is 2.45. The van der Waals surface area contributed by atoms with Crippen molar-refractivity contribution in [3.63, 3.8) is 0 Å². The van der Waals surface area contributed by atoms with E-state index < -0.39 is 0 Å². The Hall–Kier alpha value is -1.38. The minimum atomic E-state index is 0.590. The molecule has 1 rings (SSSR count). The number of amides is 1. The van der Waals surface area contributed by atoms with E-state index in [1.165, 1.54) is 6.20 Å². The van der Waals surface area contributed by atoms with Crippen LogP contribution < -0.4 is 5.32 Å². The van der Waals surface area contributed by atoms with Crippen molar-refractivity contribution in [1.82, 2.24) is 4.98 Å². The van der Waals surface area contributed by atoms with Gasteiger partial charge >= 0.3 is 0 Å². The van der Waals surface area contributed by atoms with Crippen LogP contribution in [0.2, 0.25) is 0 Å². The zero-order valence-corrected chi connectivity index (χ0v) is 4.66. The molecule has 1 aromatic rings. The third kappa shape index (κ3) is 1.53. The van der Waals surface area contributed by atoms with Crippen LogP contribution >= 0.6 is 0 Å². The van der Waals surface area contributed by atoms with Crippen LogP contribution in [-0.2, 0) is 4.79 Å². The second-order valence-electron chi connectivity index (χ2n) is 1.41. The summed E-state index contributed by atoms with van der Waals surface area (Å²) in [4.78, 5) is 13.6. The van der Waals surface area contributed by atoms with Crippen molar-refractivity contribution in [2.45, 2.75) is 0 Å². The highest BCUT2D eigenvalue weighted by Crippen LogP contribution is 1.97. The molecular formula is C6H5N2O. The minimum absolute atomic E-state index is 0.590. The van der Waals surface area contributed by atoms with E-state index >= 15 is 0 Å². The number of nitrogens with zero attached hydrogens (tertiary/aromatic N) is 1. The predicted molar refractivity (Wildman–Crippen MR) is 32.8 cm³/mol. The number of nitrogens with one attached hydrogen (secondary N) is 1. The van der Waals surface area contributed by atoms with Gasteiger partial charge in [0.25, 0.3) is 0 Å². The summed E-state index contributed by atoms with van der Waals surface area (Å²) in [6.07, 6.45) is 3.71. The highest BCUT2D eigenvalue weighted by atomic mass is 16.1. The first-order valence-electron chi connectivity index (χ1n) is 2.45. The Bertz CT molecular complexity index is 186. The third-order valence-corrected chi connectivity index (χ3v) is 0.818. The molecule has 3 nitrogen and oxygen atoms in total. The molecule has 0 aliphatic heterocycles. The predicted octanol–water partition coefficient (Wildman–Crippen LogP) is 0.450. The lowest BCUT2D eigenvalue weighted by atomic mass is 10.4. The second-order valence-corrected chi connectivity index (χ2v) is 1.41. The molecule has 0 bridgehead atoms. The molecule has 0 unspecified atom stereocenters. The van der Waals surface area contributed by atoms with E-state index in [4.69, 9.17) is 0 Å². The van der Waals surface area contributed by atoms with Crippen LogP contribution in [0.4, 0.5) is 5.69 Å². The van der Waals surface area contributed by atoms with E-state index in [0.29, 0.717) is 12.1 Å². The molecule has 0 saturated heterocycles. The van der Waals surface area contributed by atoms with E-state index in [9.17, 15) is 4.79 Å². The Morgan fingerprint density at radius 1 is 1.78 bits per heavy atom. The normalized spacial score (nSPS) is 8.44. The smallest absolute Gasteiger partial charge is 0.211 e. The Balaban J connectivity index is 2.72. The van der Waals surface area contributed by atoms with E-state index in [1.54, 1.807) is 12.3 Å². The Kier molecular flexibility index (Phi) is 1.80. The number of carbonyl (C=O) groups is 1. The van der Waals surface area contributed by atoms with Gasteiger partial charge in [-0.15, -0.1) is 0 Å². The zero-order chi connectivity index (χ0) is 6.53. The summed E-state index contributed by atoms with van der Waals surface area (Å²) >= 11 is 0. The second kappa shape index (κ2) is 2.81. The molecule has 3 heteroatoms. The molecule has 0 fully saturated rings. The number of carbonyl (C=O) groups excluding carboxylic acids is 1. The Morgan fingerprint density at radius 3 is 3.22 bits per heavy atom. The van der Waals surface area contributed by atoms with Gasteiger partial charge in [-0.25, -0.2) is 0 Å². The lowest BCUT2D eigenvalue weighted by molar-refractivity contribution is -0.105. The number of anilines is 1. The minimum Gasteiger partial charge on any atom is -0.327 e. The van der Waals surface area contributed by atoms with Gasteiger partial charge in [-0.05, 0) is 6.07 Å². The fraction of sp³-hybridized carbons (Fsp3) is 0. The first-order chi connectivity index (χ1) is 4.43. The lowest BCUT2D eigenvalue weighted by Crippen LogP contribution is -1.92. The molecule has 1 aromatic heterocycles. The third-order valence-electron chi connectivity index (χ3n) is 0.818. The molecule has 0 aliphatic carbocycles. The summed E-state index contributed by atoms with van der Waals surface area (Å²) in [6.45, 7) is 0. The van der Waals surface area contributed by atoms with Gasteiger partial charge < -0.3 is 5.32 Å². The fourth-order valence-electron chi connectivity index (χ4n) is 0.467. The van der Waals surface area contributed by atoms with Crippen molar-refractivity contribution in [3.8, 4) is 0 Å². The van der Waals surface area contributed by atoms with Gasteiger partial charge in [0.05, 0.1) is 11.9 Å². The number of hydrogen-bond acceptors (Lipinski definition) is 2. The maximum atomic E-state index is 9.82. The van der Waals surface area contributed by atoms with Crippen molar-refractivity contribution in [3.05, 3.63) is 24.5 Å². The standard InChI is InChI=1S/C6H5N2O/c9-5-8-6-2-1-3-7-4-6/h1,3-5H,(H,8,9). The van der Waals surface area contributed by atoms with Crippen LogP contribution in [0.1, 0.15) is 0 Å². The van der Waals surface area contributed by atoms with Crippen LogP contribution in [0.25, 0.3) is 0 Å². The van der Waals surface area contributed by atoms with Crippen LogP contribution in [0, 0.1) is 6.07 Å². The topological polar surface area (TPSA) is 42.0 Å². The molecule has 1 amide bonds. The molecule has 9 heavy (non-hydrogen) atoms. The Morgan fingerprint density at radius 2 is 2.67 bits per heavy atom. The SMILES string of the molecule is O=CNc1[c]ccnc1. The largest absolute Gasteiger partial charge is 0.327 e. The number of pyridine rings is 1. The average Bonchev–Trinajstić information content (AvgIpc) is 1.91. The van der Waals surface area contributed by atoms with E-state index in [-0.39, 0.29) is 0 Å². The van der Waals surface area contributed by atoms with Crippen molar-refractivity contribution in [2.75, 3.05) is 5.32 Å². The molecule has 45 valence electrons. The monoisotopic (exact) mass is 121 g/mol. The van der Waals surface area contributed by atoms with Crippen LogP contribution in [-0.4, -0.2) is 11.4 Å². The first kappa shape index (κ1) is 5.75. The molecule has 0 atom stereocenters. The summed E-state index contributed by atoms with van der Waals surface area (Å²) < 4.78 is 0. The summed E-state index contributed by atoms with van der Waals surface area (Å²) in [5.74, 6) is 0. The number of aromatic nitrogens is 1. The van der Waals surface area contributed by atoms with Crippen molar-refractivity contribution >= 4 is 12.1 Å². The highest BCUT2D eigenvalue weighted by molar-refractivity contribution is 5.69. The van der Waals surface area contributed by atoms with Gasteiger partial charge in [0.1, 0.15) is 0 Å². The molecule has 0 aromatic carbocycles. The molecule has 1 N–H and O–H groups in total. The van der Waals surface area contributed by atoms with Gasteiger partial charge in [0, 0.05) is 12.3 Å². The van der Waals surface area contributed by atoms with Crippen LogP contribution in [0.15, 0.2) is 18.5 Å². The van der Waals surface area contributed by atoms with Gasteiger partial charge in [-0.3, -0.25) is 9.78 Å². The molecule has 1 heterocycles. The van der Waals surface area contributed by atoms with Gasteiger partial charge in [-0.2, -0.15) is 0 Å². The summed E-state index contributed by atoms with van der Waals surface area (Å²) in [7, 11) is 0. The molecule has 0 aliphatic rings. The quantitative estimate of drug-likeness (QED) is 0.577. The van der Waals surface area contributed by atoms with Gasteiger partial charge in [0.15, 0.2) is 0 Å². The van der Waals surface area contributed by atoms with Gasteiger partial charge in [0.2, 0.25) is 6.41 Å². The number of rotatable bonds is 2. The average molecular weight is 121 g/mol. The number of hydrogen-bond donors (Lipinski definition) is 1. The maximum absolute atomic E-state index is 9.82. The maximum Gasteiger partial charge on any atom is 0.211 e. The lowest BCUT2D eigenvalue weighted by Gasteiger charge is -1.91. The molecule has 0 spiro atoms. The van der Waals surface area contributed by atoms with E-state index in [0.717, 1.165) is 0 Å². The highest BCUT2D eigenvalue weighted by Gasteiger charge is 1.83. The van der Waals surface area contributed by atoms with Gasteiger partial charge in [-0.1, -0.05) is 0 Å². The molecule has 0 saturated carbocycles. The van der Waals surface area contributed by atoms with Crippen molar-refractivity contribution < 1.29 is 4.79 Å². The van der Waals surface area contributed by atoms with Crippen LogP contribution in [0.3, 0.4) is 0 Å². The Labute approximate surface area is 52.7 Å². The zero-order valence-electron chi connectivity index (χ0n) is 4.66. The summed E-state index contributed by atoms with van der Waals surface area (Å²) in [5.41, 5.74) is 0.590. The van der Waals surface area contributed by atoms with Crippen LogP contribution in [0.5, 0.6) is 0 Å². The van der Waals surface area contributed by atoms with Crippen molar-refractivity contribution in [1.29, 1.82) is 0 Å².